The van der Waals surface area contributed by atoms with Crippen LogP contribution < -0.4 is 15.4 Å². The number of aryl methyl sites for hydroxylation is 1. The number of nitrogens with one attached hydrogen (secondary N) is 2. The molecule has 0 saturated carbocycles. The van der Waals surface area contributed by atoms with Crippen LogP contribution in [0.5, 0.6) is 5.75 Å². The largest absolute Gasteiger partial charge is 0.473 e. The fourth-order valence-corrected chi connectivity index (χ4v) is 2.51. The standard InChI is InChI=1S/C14H17N3O4S/c1-10-2-4-11(5-3-10)21-9-16-13(19)15-6-7-17-12(18)8-22-14(17)20/h2-5H,6-9H2,1H3,(H2,15,16,19). The fourth-order valence-electron chi connectivity index (χ4n) is 1.76. The molecule has 0 aliphatic carbocycles. The zero-order valence-electron chi connectivity index (χ0n) is 12.1. The Morgan fingerprint density at radius 2 is 2.00 bits per heavy atom. The highest BCUT2D eigenvalue weighted by atomic mass is 32.2. The van der Waals surface area contributed by atoms with Gasteiger partial charge in [-0.15, -0.1) is 0 Å². The number of ether oxygens (including phenoxy) is 1. The molecule has 0 bridgehead atoms. The second-order valence-electron chi connectivity index (χ2n) is 4.63. The third-order valence-electron chi connectivity index (χ3n) is 2.95. The predicted molar refractivity (Wildman–Crippen MR) is 82.8 cm³/mol. The molecule has 8 heteroatoms. The molecule has 2 N–H and O–H groups in total. The van der Waals surface area contributed by atoms with Crippen LogP contribution in [0.2, 0.25) is 0 Å². The summed E-state index contributed by atoms with van der Waals surface area (Å²) >= 11 is 0.974. The summed E-state index contributed by atoms with van der Waals surface area (Å²) in [6, 6.07) is 7.04. The van der Waals surface area contributed by atoms with Crippen molar-refractivity contribution in [1.82, 2.24) is 15.5 Å². The van der Waals surface area contributed by atoms with Crippen LogP contribution in [-0.2, 0) is 4.79 Å². The topological polar surface area (TPSA) is 87.7 Å². The second-order valence-corrected chi connectivity index (χ2v) is 5.56. The molecule has 22 heavy (non-hydrogen) atoms. The zero-order valence-corrected chi connectivity index (χ0v) is 12.9. The summed E-state index contributed by atoms with van der Waals surface area (Å²) in [5.41, 5.74) is 1.13. The van der Waals surface area contributed by atoms with Gasteiger partial charge in [0.1, 0.15) is 5.75 Å². The van der Waals surface area contributed by atoms with Crippen LogP contribution in [0.25, 0.3) is 0 Å². The van der Waals surface area contributed by atoms with Crippen molar-refractivity contribution in [1.29, 1.82) is 0 Å². The Hall–Kier alpha value is -2.22. The van der Waals surface area contributed by atoms with Crippen LogP contribution in [0.1, 0.15) is 5.56 Å². The SMILES string of the molecule is Cc1ccc(OCNC(=O)NCCN2C(=O)CSC2=O)cc1. The van der Waals surface area contributed by atoms with E-state index in [4.69, 9.17) is 4.74 Å². The summed E-state index contributed by atoms with van der Waals surface area (Å²) in [4.78, 5) is 35.3. The first-order chi connectivity index (χ1) is 10.6. The average Bonchev–Trinajstić information content (AvgIpc) is 2.81. The van der Waals surface area contributed by atoms with Crippen LogP contribution >= 0.6 is 11.8 Å². The van der Waals surface area contributed by atoms with E-state index in [1.807, 2.05) is 31.2 Å². The van der Waals surface area contributed by atoms with Crippen molar-refractivity contribution < 1.29 is 19.1 Å². The number of amides is 4. The van der Waals surface area contributed by atoms with Gasteiger partial charge in [0, 0.05) is 13.1 Å². The lowest BCUT2D eigenvalue weighted by molar-refractivity contribution is -0.124. The summed E-state index contributed by atoms with van der Waals surface area (Å²) < 4.78 is 5.35. The van der Waals surface area contributed by atoms with Crippen molar-refractivity contribution in [2.75, 3.05) is 25.6 Å². The van der Waals surface area contributed by atoms with Gasteiger partial charge in [-0.2, -0.15) is 0 Å². The van der Waals surface area contributed by atoms with Crippen LogP contribution in [0.3, 0.4) is 0 Å². The van der Waals surface area contributed by atoms with Gasteiger partial charge < -0.3 is 15.4 Å². The molecule has 0 unspecified atom stereocenters. The molecule has 118 valence electrons. The molecule has 1 aromatic rings. The molecule has 2 rings (SSSR count). The van der Waals surface area contributed by atoms with Crippen molar-refractivity contribution in [3.05, 3.63) is 29.8 Å². The number of carbonyl (C=O) groups is 3. The summed E-state index contributed by atoms with van der Waals surface area (Å²) in [5.74, 6) is 0.617. The molecule has 7 nitrogen and oxygen atoms in total. The van der Waals surface area contributed by atoms with Crippen LogP contribution in [-0.4, -0.2) is 47.7 Å². The first-order valence-corrected chi connectivity index (χ1v) is 7.73. The number of nitrogens with zero attached hydrogens (tertiary/aromatic N) is 1. The minimum absolute atomic E-state index is 0.0340. The third-order valence-corrected chi connectivity index (χ3v) is 3.81. The Morgan fingerprint density at radius 3 is 2.64 bits per heavy atom. The van der Waals surface area contributed by atoms with Gasteiger partial charge in [0.15, 0.2) is 6.73 Å². The Bertz CT molecular complexity index is 546. The molecular weight excluding hydrogens is 306 g/mol. The van der Waals surface area contributed by atoms with E-state index in [0.29, 0.717) is 5.75 Å². The van der Waals surface area contributed by atoms with Gasteiger partial charge in [0.2, 0.25) is 5.91 Å². The Morgan fingerprint density at radius 1 is 1.27 bits per heavy atom. The molecule has 0 spiro atoms. The predicted octanol–water partition coefficient (Wildman–Crippen LogP) is 1.33. The van der Waals surface area contributed by atoms with Crippen molar-refractivity contribution in [3.63, 3.8) is 0 Å². The highest BCUT2D eigenvalue weighted by molar-refractivity contribution is 8.14. The smallest absolute Gasteiger partial charge is 0.317 e. The van der Waals surface area contributed by atoms with E-state index in [0.717, 1.165) is 22.2 Å². The van der Waals surface area contributed by atoms with E-state index in [1.165, 1.54) is 0 Å². The van der Waals surface area contributed by atoms with E-state index in [9.17, 15) is 14.4 Å². The summed E-state index contributed by atoms with van der Waals surface area (Å²) in [5, 5.41) is 4.82. The van der Waals surface area contributed by atoms with Gasteiger partial charge in [-0.1, -0.05) is 29.5 Å². The van der Waals surface area contributed by atoms with Gasteiger partial charge in [0.05, 0.1) is 5.75 Å². The maximum absolute atomic E-state index is 11.5. The molecule has 0 radical (unpaired) electrons. The number of carbonyl (C=O) groups excluding carboxylic acids is 3. The summed E-state index contributed by atoms with van der Waals surface area (Å²) in [6.45, 7) is 2.39. The number of rotatable bonds is 6. The summed E-state index contributed by atoms with van der Waals surface area (Å²) in [7, 11) is 0. The number of imide groups is 1. The van der Waals surface area contributed by atoms with Crippen molar-refractivity contribution in [2.24, 2.45) is 0 Å². The molecular formula is C14H17N3O4S. The lowest BCUT2D eigenvalue weighted by atomic mass is 10.2. The zero-order chi connectivity index (χ0) is 15.9. The molecule has 0 aromatic heterocycles. The Kier molecular flexibility index (Phi) is 5.65. The van der Waals surface area contributed by atoms with Crippen molar-refractivity contribution in [2.45, 2.75) is 6.92 Å². The monoisotopic (exact) mass is 323 g/mol. The first-order valence-electron chi connectivity index (χ1n) is 6.74. The first kappa shape index (κ1) is 16.2. The second kappa shape index (κ2) is 7.69. The lowest BCUT2D eigenvalue weighted by Gasteiger charge is -2.13. The van der Waals surface area contributed by atoms with Gasteiger partial charge >= 0.3 is 6.03 Å². The highest BCUT2D eigenvalue weighted by Gasteiger charge is 2.29. The van der Waals surface area contributed by atoms with E-state index in [-0.39, 0.29) is 36.7 Å². The molecule has 1 saturated heterocycles. The number of hydrogen-bond donors (Lipinski definition) is 2. The molecule has 1 heterocycles. The molecule has 1 aliphatic rings. The molecule has 1 aliphatic heterocycles. The maximum Gasteiger partial charge on any atom is 0.317 e. The van der Waals surface area contributed by atoms with Crippen LogP contribution in [0.15, 0.2) is 24.3 Å². The van der Waals surface area contributed by atoms with E-state index in [2.05, 4.69) is 10.6 Å². The molecule has 4 amide bonds. The average molecular weight is 323 g/mol. The molecule has 0 atom stereocenters. The molecule has 1 aromatic carbocycles. The van der Waals surface area contributed by atoms with Crippen molar-refractivity contribution in [3.8, 4) is 5.75 Å². The van der Waals surface area contributed by atoms with Crippen LogP contribution in [0.4, 0.5) is 9.59 Å². The highest BCUT2D eigenvalue weighted by Crippen LogP contribution is 2.17. The molecule has 1 fully saturated rings. The van der Waals surface area contributed by atoms with Gasteiger partial charge in [0.25, 0.3) is 5.24 Å². The minimum Gasteiger partial charge on any atom is -0.473 e. The van der Waals surface area contributed by atoms with E-state index < -0.39 is 6.03 Å². The number of benzene rings is 1. The maximum atomic E-state index is 11.5. The Balaban J connectivity index is 1.61. The third kappa shape index (κ3) is 4.66. The normalized spacial score (nSPS) is 14.1. The number of urea groups is 1. The van der Waals surface area contributed by atoms with Crippen LogP contribution in [0, 0.1) is 6.92 Å². The fraction of sp³-hybridized carbons (Fsp3) is 0.357. The van der Waals surface area contributed by atoms with E-state index in [1.54, 1.807) is 0 Å². The summed E-state index contributed by atoms with van der Waals surface area (Å²) in [6.07, 6.45) is 0. The van der Waals surface area contributed by atoms with Gasteiger partial charge in [-0.3, -0.25) is 14.5 Å². The number of hydrogen-bond acceptors (Lipinski definition) is 5. The van der Waals surface area contributed by atoms with E-state index >= 15 is 0 Å². The Labute approximate surface area is 132 Å². The quantitative estimate of drug-likeness (QED) is 0.771. The van der Waals surface area contributed by atoms with Gasteiger partial charge in [-0.25, -0.2) is 4.79 Å². The van der Waals surface area contributed by atoms with Gasteiger partial charge in [-0.05, 0) is 19.1 Å². The van der Waals surface area contributed by atoms with Crippen molar-refractivity contribution >= 4 is 28.9 Å². The lowest BCUT2D eigenvalue weighted by Crippen LogP contribution is -2.42. The minimum atomic E-state index is -0.418. The number of thioether (sulfide) groups is 1.